The van der Waals surface area contributed by atoms with Crippen LogP contribution in [0.25, 0.3) is 11.7 Å². The molecule has 1 fully saturated rings. The zero-order valence-electron chi connectivity index (χ0n) is 21.7. The molecule has 2 aromatic heterocycles. The predicted octanol–water partition coefficient (Wildman–Crippen LogP) is 6.08. The van der Waals surface area contributed by atoms with Gasteiger partial charge in [-0.05, 0) is 49.0 Å². The molecule has 6 nitrogen and oxygen atoms in total. The third-order valence-corrected chi connectivity index (χ3v) is 8.07. The van der Waals surface area contributed by atoms with Crippen LogP contribution in [-0.2, 0) is 11.2 Å². The van der Waals surface area contributed by atoms with Crippen LogP contribution in [0.2, 0.25) is 0 Å². The average molecular weight is 535 g/mol. The number of nitrogens with one attached hydrogen (secondary N) is 1. The number of nitrogens with zero attached hydrogens (tertiary/aromatic N) is 3. The van der Waals surface area contributed by atoms with Gasteiger partial charge in [0.1, 0.15) is 15.8 Å². The number of thiocarbonyl (C=S) groups is 1. The molecule has 0 spiro atoms. The Labute approximate surface area is 228 Å². The highest BCUT2D eigenvalue weighted by atomic mass is 32.2. The fourth-order valence-corrected chi connectivity index (χ4v) is 5.71. The maximum absolute atomic E-state index is 13.6. The van der Waals surface area contributed by atoms with Gasteiger partial charge in [-0.25, -0.2) is 4.98 Å². The summed E-state index contributed by atoms with van der Waals surface area (Å²) in [5.74, 6) is 0.756. The van der Waals surface area contributed by atoms with E-state index in [1.54, 1.807) is 21.6 Å². The molecule has 0 aliphatic carbocycles. The molecule has 1 N–H and O–H groups in total. The Morgan fingerprint density at radius 2 is 1.92 bits per heavy atom. The number of hydrogen-bond donors (Lipinski definition) is 1. The standard InChI is InChI=1S/C29H34N4O2S2/c1-4-6-10-21(5-2)19-33-28(35)24(37-29(33)36)17-23-26(30-16-15-22-11-8-7-9-12-22)31-25-14-13-20(3)18-32(25)27(23)34/h7-9,11-14,17-18,21,30H,4-6,10,15-16,19H2,1-3H3. The van der Waals surface area contributed by atoms with Crippen LogP contribution < -0.4 is 10.9 Å². The van der Waals surface area contributed by atoms with Gasteiger partial charge in [0, 0.05) is 19.3 Å². The van der Waals surface area contributed by atoms with Gasteiger partial charge in [0.25, 0.3) is 11.5 Å². The second-order valence-corrected chi connectivity index (χ2v) is 11.2. The van der Waals surface area contributed by atoms with Crippen molar-refractivity contribution >= 4 is 51.7 Å². The summed E-state index contributed by atoms with van der Waals surface area (Å²) in [6.07, 6.45) is 8.58. The summed E-state index contributed by atoms with van der Waals surface area (Å²) in [6.45, 7) is 7.50. The molecule has 3 heterocycles. The Kier molecular flexibility index (Phi) is 9.16. The zero-order valence-corrected chi connectivity index (χ0v) is 23.3. The van der Waals surface area contributed by atoms with Gasteiger partial charge in [0.2, 0.25) is 0 Å². The highest BCUT2D eigenvalue weighted by Crippen LogP contribution is 2.34. The van der Waals surface area contributed by atoms with Gasteiger partial charge in [-0.2, -0.15) is 0 Å². The van der Waals surface area contributed by atoms with Crippen LogP contribution in [0.5, 0.6) is 0 Å². The van der Waals surface area contributed by atoms with Crippen molar-refractivity contribution in [3.63, 3.8) is 0 Å². The zero-order chi connectivity index (χ0) is 26.4. The number of pyridine rings is 1. The number of unbranched alkanes of at least 4 members (excludes halogenated alkanes) is 1. The minimum atomic E-state index is -0.212. The fourth-order valence-electron chi connectivity index (χ4n) is 4.46. The molecule has 1 aliphatic heterocycles. The molecule has 0 radical (unpaired) electrons. The highest BCUT2D eigenvalue weighted by molar-refractivity contribution is 8.26. The van der Waals surface area contributed by atoms with Crippen LogP contribution >= 0.6 is 24.0 Å². The van der Waals surface area contributed by atoms with E-state index in [1.807, 2.05) is 37.3 Å². The van der Waals surface area contributed by atoms with Gasteiger partial charge in [-0.1, -0.05) is 93.5 Å². The first kappa shape index (κ1) is 27.1. The maximum atomic E-state index is 13.6. The number of carbonyl (C=O) groups excluding carboxylic acids is 1. The SMILES string of the molecule is CCCCC(CC)CN1C(=O)C(=Cc2c(NCCc3ccccc3)nc3ccc(C)cn3c2=O)SC1=S. The highest BCUT2D eigenvalue weighted by Gasteiger charge is 2.33. The summed E-state index contributed by atoms with van der Waals surface area (Å²) in [6, 6.07) is 13.9. The van der Waals surface area contributed by atoms with Crippen molar-refractivity contribution < 1.29 is 4.79 Å². The normalized spacial score (nSPS) is 15.6. The smallest absolute Gasteiger partial charge is 0.267 e. The van der Waals surface area contributed by atoms with E-state index in [2.05, 4.69) is 31.3 Å². The first-order valence-electron chi connectivity index (χ1n) is 13.0. The number of rotatable bonds is 11. The molecule has 1 atom stereocenters. The Morgan fingerprint density at radius 3 is 2.65 bits per heavy atom. The summed E-state index contributed by atoms with van der Waals surface area (Å²) in [5.41, 5.74) is 2.87. The Morgan fingerprint density at radius 1 is 1.14 bits per heavy atom. The van der Waals surface area contributed by atoms with Crippen molar-refractivity contribution in [1.29, 1.82) is 0 Å². The number of fused-ring (bicyclic) bond motifs is 1. The largest absolute Gasteiger partial charge is 0.369 e. The number of hydrogen-bond acceptors (Lipinski definition) is 6. The van der Waals surface area contributed by atoms with E-state index < -0.39 is 0 Å². The Balaban J connectivity index is 1.65. The molecule has 8 heteroatoms. The minimum Gasteiger partial charge on any atom is -0.369 e. The molecule has 1 saturated heterocycles. The van der Waals surface area contributed by atoms with Gasteiger partial charge in [0.15, 0.2) is 0 Å². The molecule has 0 saturated carbocycles. The first-order chi connectivity index (χ1) is 17.9. The van der Waals surface area contributed by atoms with Crippen molar-refractivity contribution in [2.45, 2.75) is 52.9 Å². The third kappa shape index (κ3) is 6.48. The lowest BCUT2D eigenvalue weighted by Gasteiger charge is -2.21. The number of amides is 1. The molecule has 1 unspecified atom stereocenters. The predicted molar refractivity (Wildman–Crippen MR) is 158 cm³/mol. The molecule has 194 valence electrons. The van der Waals surface area contributed by atoms with Crippen molar-refractivity contribution in [2.75, 3.05) is 18.4 Å². The van der Waals surface area contributed by atoms with Crippen LogP contribution in [0.3, 0.4) is 0 Å². The van der Waals surface area contributed by atoms with E-state index in [9.17, 15) is 9.59 Å². The first-order valence-corrected chi connectivity index (χ1v) is 14.2. The monoisotopic (exact) mass is 534 g/mol. The lowest BCUT2D eigenvalue weighted by Crippen LogP contribution is -2.33. The van der Waals surface area contributed by atoms with E-state index in [1.165, 1.54) is 17.3 Å². The lowest BCUT2D eigenvalue weighted by atomic mass is 9.99. The van der Waals surface area contributed by atoms with Gasteiger partial charge in [-0.3, -0.25) is 18.9 Å². The molecule has 37 heavy (non-hydrogen) atoms. The van der Waals surface area contributed by atoms with E-state index in [-0.39, 0.29) is 11.5 Å². The number of benzene rings is 1. The average Bonchev–Trinajstić information content (AvgIpc) is 3.16. The van der Waals surface area contributed by atoms with Crippen LogP contribution in [0.15, 0.2) is 58.4 Å². The van der Waals surface area contributed by atoms with E-state index in [0.29, 0.717) is 45.3 Å². The topological polar surface area (TPSA) is 66.7 Å². The van der Waals surface area contributed by atoms with Crippen LogP contribution in [-0.4, -0.2) is 37.6 Å². The number of anilines is 1. The molecule has 0 bridgehead atoms. The third-order valence-electron chi connectivity index (χ3n) is 6.69. The molecule has 1 aliphatic rings. The number of aromatic nitrogens is 2. The van der Waals surface area contributed by atoms with E-state index in [4.69, 9.17) is 17.2 Å². The quantitative estimate of drug-likeness (QED) is 0.238. The molecule has 3 aromatic rings. The lowest BCUT2D eigenvalue weighted by molar-refractivity contribution is -0.122. The van der Waals surface area contributed by atoms with Gasteiger partial charge in [-0.15, -0.1) is 0 Å². The second-order valence-electron chi connectivity index (χ2n) is 9.49. The number of carbonyl (C=O) groups is 1. The van der Waals surface area contributed by atoms with E-state index in [0.717, 1.165) is 37.7 Å². The molecular weight excluding hydrogens is 500 g/mol. The Bertz CT molecular complexity index is 1370. The van der Waals surface area contributed by atoms with Crippen molar-refractivity contribution in [1.82, 2.24) is 14.3 Å². The summed E-state index contributed by atoms with van der Waals surface area (Å²) in [5, 5.41) is 3.35. The van der Waals surface area contributed by atoms with Crippen LogP contribution in [0.1, 0.15) is 56.2 Å². The van der Waals surface area contributed by atoms with Gasteiger partial charge in [0.05, 0.1) is 10.5 Å². The van der Waals surface area contributed by atoms with Crippen molar-refractivity contribution in [2.24, 2.45) is 5.92 Å². The van der Waals surface area contributed by atoms with E-state index >= 15 is 0 Å². The van der Waals surface area contributed by atoms with Crippen molar-refractivity contribution in [3.05, 3.63) is 80.6 Å². The second kappa shape index (κ2) is 12.5. The number of aryl methyl sites for hydroxylation is 1. The van der Waals surface area contributed by atoms with Gasteiger partial charge >= 0.3 is 0 Å². The van der Waals surface area contributed by atoms with Crippen LogP contribution in [0.4, 0.5) is 5.82 Å². The molecule has 1 amide bonds. The fraction of sp³-hybridized carbons (Fsp3) is 0.379. The van der Waals surface area contributed by atoms with Gasteiger partial charge < -0.3 is 5.32 Å². The molecular formula is C29H34N4O2S2. The summed E-state index contributed by atoms with van der Waals surface area (Å²) in [7, 11) is 0. The maximum Gasteiger partial charge on any atom is 0.267 e. The summed E-state index contributed by atoms with van der Waals surface area (Å²) < 4.78 is 2.09. The van der Waals surface area contributed by atoms with Crippen LogP contribution in [0, 0.1) is 12.8 Å². The number of thioether (sulfide) groups is 1. The molecule has 1 aromatic carbocycles. The Hall–Kier alpha value is -2.97. The minimum absolute atomic E-state index is 0.131. The van der Waals surface area contributed by atoms with Crippen molar-refractivity contribution in [3.8, 4) is 0 Å². The summed E-state index contributed by atoms with van der Waals surface area (Å²) in [4.78, 5) is 33.9. The molecule has 4 rings (SSSR count). The summed E-state index contributed by atoms with van der Waals surface area (Å²) >= 11 is 6.85.